The van der Waals surface area contributed by atoms with E-state index >= 15 is 0 Å². The molecule has 478 valence electrons. The highest BCUT2D eigenvalue weighted by Gasteiger charge is 2.30. The molecule has 1 aromatic rings. The fourth-order valence-corrected chi connectivity index (χ4v) is 14.2. The highest BCUT2D eigenvalue weighted by Crippen LogP contribution is 2.27. The van der Waals surface area contributed by atoms with Gasteiger partial charge in [-0.15, -0.1) is 0 Å². The SMILES string of the molecule is CC(C)CN(C(=O)c1cccnc1)C(C)C.CC(C)CN(C1CCCC1)S(C)(=O)=O.CC(C)CN(C1CCNCC1)S(C)(=O)=O.CC(C)CNC1CCNCC1.CCN(CC(C)C)C1CCCC1.CCN(CC(C)C)C1CCNCC1. The Bertz CT molecular complexity index is 1910. The Hall–Kier alpha value is -1.80. The molecule has 81 heavy (non-hydrogen) atoms. The number of hydrogen-bond donors (Lipinski definition) is 4. The molecule has 0 radical (unpaired) electrons. The van der Waals surface area contributed by atoms with Crippen LogP contribution in [0.4, 0.5) is 0 Å². The zero-order valence-corrected chi connectivity index (χ0v) is 57.2. The van der Waals surface area contributed by atoms with E-state index in [-0.39, 0.29) is 24.0 Å². The van der Waals surface area contributed by atoms with E-state index in [4.69, 9.17) is 0 Å². The molecule has 3 saturated heterocycles. The van der Waals surface area contributed by atoms with Crippen LogP contribution in [0.3, 0.4) is 0 Å². The molecular weight excluding hydrogens is 1050 g/mol. The van der Waals surface area contributed by atoms with Crippen LogP contribution in [-0.4, -0.2) is 191 Å². The van der Waals surface area contributed by atoms with Crippen LogP contribution in [0.15, 0.2) is 24.5 Å². The summed E-state index contributed by atoms with van der Waals surface area (Å²) in [6.07, 6.45) is 23.3. The van der Waals surface area contributed by atoms with Crippen molar-refractivity contribution in [1.29, 1.82) is 0 Å². The molecule has 5 aliphatic rings. The normalized spacial score (nSPS) is 18.3. The predicted octanol–water partition coefficient (Wildman–Crippen LogP) is 10.7. The van der Waals surface area contributed by atoms with Gasteiger partial charge in [-0.25, -0.2) is 16.8 Å². The van der Waals surface area contributed by atoms with Crippen LogP contribution in [0.2, 0.25) is 0 Å². The Morgan fingerprint density at radius 1 is 0.519 bits per heavy atom. The van der Waals surface area contributed by atoms with E-state index in [1.165, 1.54) is 136 Å². The van der Waals surface area contributed by atoms with Gasteiger partial charge in [0.05, 0.1) is 18.1 Å². The maximum Gasteiger partial charge on any atom is 0.255 e. The molecule has 1 aromatic heterocycles. The lowest BCUT2D eigenvalue weighted by molar-refractivity contribution is 0.0681. The first-order chi connectivity index (χ1) is 38.1. The van der Waals surface area contributed by atoms with E-state index in [9.17, 15) is 21.6 Å². The van der Waals surface area contributed by atoms with Crippen molar-refractivity contribution in [3.63, 3.8) is 0 Å². The summed E-state index contributed by atoms with van der Waals surface area (Å²) in [7, 11) is -6.06. The van der Waals surface area contributed by atoms with Gasteiger partial charge in [-0.2, -0.15) is 8.61 Å². The Kier molecular flexibility index (Phi) is 40.9. The van der Waals surface area contributed by atoms with Crippen LogP contribution < -0.4 is 21.3 Å². The van der Waals surface area contributed by atoms with Gasteiger partial charge < -0.3 is 36.0 Å². The van der Waals surface area contributed by atoms with E-state index in [1.807, 2.05) is 24.8 Å². The third-order valence-electron chi connectivity index (χ3n) is 15.6. The minimum Gasteiger partial charge on any atom is -0.336 e. The first-order valence-electron chi connectivity index (χ1n) is 32.6. The average molecular weight is 1180 g/mol. The Balaban J connectivity index is 0.000000488. The van der Waals surface area contributed by atoms with E-state index in [0.29, 0.717) is 36.4 Å². The number of carbonyl (C=O) groups is 1. The van der Waals surface area contributed by atoms with Crippen molar-refractivity contribution in [3.05, 3.63) is 30.1 Å². The maximum absolute atomic E-state index is 12.2. The third kappa shape index (κ3) is 35.4. The molecule has 15 nitrogen and oxygen atoms in total. The summed E-state index contributed by atoms with van der Waals surface area (Å²) in [6.45, 7) is 49.8. The summed E-state index contributed by atoms with van der Waals surface area (Å²) in [4.78, 5) is 23.4. The molecule has 4 N–H and O–H groups in total. The van der Waals surface area contributed by atoms with Crippen LogP contribution in [-0.2, 0) is 20.0 Å². The lowest BCUT2D eigenvalue weighted by atomic mass is 10.0. The molecule has 0 spiro atoms. The van der Waals surface area contributed by atoms with Crippen molar-refractivity contribution in [2.24, 2.45) is 35.5 Å². The fraction of sp³-hybridized carbons (Fsp3) is 0.906. The Morgan fingerprint density at radius 3 is 1.21 bits per heavy atom. The second-order valence-corrected chi connectivity index (χ2v) is 30.6. The molecule has 1 amide bonds. The van der Waals surface area contributed by atoms with Gasteiger partial charge in [-0.1, -0.05) is 123 Å². The number of nitrogens with zero attached hydrogens (tertiary/aromatic N) is 6. The molecule has 2 aliphatic carbocycles. The lowest BCUT2D eigenvalue weighted by Crippen LogP contribution is -2.47. The van der Waals surface area contributed by atoms with Gasteiger partial charge in [-0.3, -0.25) is 9.78 Å². The zero-order chi connectivity index (χ0) is 61.1. The average Bonchev–Trinajstić information content (AvgIpc) is 4.17. The van der Waals surface area contributed by atoms with Gasteiger partial charge >= 0.3 is 0 Å². The fourth-order valence-electron chi connectivity index (χ4n) is 11.6. The first kappa shape index (κ1) is 77.2. The van der Waals surface area contributed by atoms with Crippen molar-refractivity contribution in [3.8, 4) is 0 Å². The topological polar surface area (TPSA) is 163 Å². The van der Waals surface area contributed by atoms with E-state index < -0.39 is 20.0 Å². The van der Waals surface area contributed by atoms with Crippen molar-refractivity contribution in [1.82, 2.24) is 49.6 Å². The number of aromatic nitrogens is 1. The summed E-state index contributed by atoms with van der Waals surface area (Å²) in [5.41, 5.74) is 0.664. The van der Waals surface area contributed by atoms with Gasteiger partial charge in [0.15, 0.2) is 0 Å². The monoisotopic (exact) mass is 1180 g/mol. The summed E-state index contributed by atoms with van der Waals surface area (Å²) in [5, 5.41) is 13.6. The van der Waals surface area contributed by atoms with Crippen LogP contribution in [0, 0.1) is 35.5 Å². The van der Waals surface area contributed by atoms with Gasteiger partial charge in [0.2, 0.25) is 20.0 Å². The minimum atomic E-state index is -3.05. The van der Waals surface area contributed by atoms with Gasteiger partial charge in [0.25, 0.3) is 5.91 Å². The first-order valence-corrected chi connectivity index (χ1v) is 36.3. The maximum atomic E-state index is 12.2. The number of rotatable bonds is 23. The van der Waals surface area contributed by atoms with Gasteiger partial charge in [-0.05, 0) is 185 Å². The summed E-state index contributed by atoms with van der Waals surface area (Å²) >= 11 is 0. The molecule has 4 heterocycles. The molecule has 5 fully saturated rings. The number of hydrogen-bond acceptors (Lipinski definition) is 12. The molecular formula is C64H130N10O5S2. The number of sulfonamides is 2. The van der Waals surface area contributed by atoms with E-state index in [1.54, 1.807) is 27.1 Å². The zero-order valence-electron chi connectivity index (χ0n) is 55.6. The molecule has 0 unspecified atom stereocenters. The van der Waals surface area contributed by atoms with Crippen molar-refractivity contribution in [2.75, 3.05) is 104 Å². The van der Waals surface area contributed by atoms with Crippen molar-refractivity contribution in [2.45, 2.75) is 237 Å². The summed E-state index contributed by atoms with van der Waals surface area (Å²) < 4.78 is 49.9. The standard InChI is InChI=1S/C13H20N2O.C11H24N2.C11H23N.C10H22N2O2S.C10H21NO2S.C9H20N2/c1-10(2)9-15(11(3)4)13(16)12-6-5-7-14-8-12;1-4-13(9-10(2)3)11-5-7-12-8-6-11;1-4-12(9-10(2)3)11-7-5-6-8-11;1-9(2)8-12(15(3,13)14)10-4-6-11-7-5-10;1-9(2)8-11(14(3,12)13)10-6-4-5-7-10;1-8(2)7-11-9-3-5-10-6-4-9/h5-8,10-11H,9H2,1-4H3;10-12H,4-9H2,1-3H3;10-11H,4-9H2,1-3H3;9-11H,4-8H2,1-3H3;9-10H,4-8H2,1-3H3;8-11H,3-7H2,1-2H3. The number of piperidine rings is 3. The quantitative estimate of drug-likeness (QED) is 0.0822. The molecule has 0 atom stereocenters. The second-order valence-electron chi connectivity index (χ2n) is 26.8. The molecule has 17 heteroatoms. The number of amides is 1. The van der Waals surface area contributed by atoms with Crippen LogP contribution >= 0.6 is 0 Å². The molecule has 3 aliphatic heterocycles. The number of carbonyl (C=O) groups excluding carboxylic acids is 1. The highest BCUT2D eigenvalue weighted by molar-refractivity contribution is 7.88. The summed E-state index contributed by atoms with van der Waals surface area (Å²) in [5.74, 6) is 3.74. The Morgan fingerprint density at radius 2 is 0.877 bits per heavy atom. The van der Waals surface area contributed by atoms with Crippen molar-refractivity contribution >= 4 is 26.0 Å². The van der Waals surface area contributed by atoms with Gasteiger partial charge in [0.1, 0.15) is 0 Å². The molecule has 6 rings (SSSR count). The number of nitrogens with one attached hydrogen (secondary N) is 4. The number of pyridine rings is 1. The molecule has 2 saturated carbocycles. The predicted molar refractivity (Wildman–Crippen MR) is 347 cm³/mol. The van der Waals surface area contributed by atoms with Crippen LogP contribution in [0.25, 0.3) is 0 Å². The highest BCUT2D eigenvalue weighted by atomic mass is 32.2. The third-order valence-corrected chi connectivity index (χ3v) is 18.2. The van der Waals surface area contributed by atoms with E-state index in [0.717, 1.165) is 81.2 Å². The lowest BCUT2D eigenvalue weighted by Gasteiger charge is -2.34. The molecule has 0 bridgehead atoms. The minimum absolute atomic E-state index is 0.0665. The molecule has 0 aromatic carbocycles. The van der Waals surface area contributed by atoms with Crippen molar-refractivity contribution < 1.29 is 21.6 Å². The van der Waals surface area contributed by atoms with E-state index in [2.05, 4.69) is 133 Å². The van der Waals surface area contributed by atoms with Gasteiger partial charge in [0, 0.05) is 81.4 Å². The largest absolute Gasteiger partial charge is 0.336 e. The smallest absolute Gasteiger partial charge is 0.255 e. The Labute approximate surface area is 501 Å². The van der Waals surface area contributed by atoms with Crippen LogP contribution in [0.5, 0.6) is 0 Å². The summed E-state index contributed by atoms with van der Waals surface area (Å²) in [6, 6.07) is 6.82. The second kappa shape index (κ2) is 42.9. The van der Waals surface area contributed by atoms with Crippen LogP contribution in [0.1, 0.15) is 211 Å².